The largest absolute Gasteiger partial charge is 0.357 e. The fraction of sp³-hybridized carbons (Fsp3) is 0.381. The topological polar surface area (TPSA) is 82.6 Å². The second-order valence-electron chi connectivity index (χ2n) is 6.62. The molecule has 0 amide bonds. The van der Waals surface area contributed by atoms with Gasteiger partial charge in [-0.25, -0.2) is 18.1 Å². The molecule has 6 nitrogen and oxygen atoms in total. The van der Waals surface area contributed by atoms with E-state index in [2.05, 4.69) is 51.5 Å². The molecule has 0 saturated heterocycles. The van der Waals surface area contributed by atoms with Crippen LogP contribution in [0.4, 0.5) is 0 Å². The summed E-state index contributed by atoms with van der Waals surface area (Å²) >= 11 is 0. The van der Waals surface area contributed by atoms with Crippen molar-refractivity contribution in [3.05, 3.63) is 65.7 Å². The second-order valence-corrected chi connectivity index (χ2v) is 8.50. The number of rotatable bonds is 9. The molecule has 160 valence electrons. The first-order chi connectivity index (χ1) is 13.4. The van der Waals surface area contributed by atoms with Crippen molar-refractivity contribution in [1.29, 1.82) is 0 Å². The van der Waals surface area contributed by atoms with Crippen molar-refractivity contribution in [2.75, 3.05) is 13.6 Å². The summed E-state index contributed by atoms with van der Waals surface area (Å²) in [4.78, 5) is 4.87. The Morgan fingerprint density at radius 1 is 1.03 bits per heavy atom. The third-order valence-electron chi connectivity index (χ3n) is 4.36. The summed E-state index contributed by atoms with van der Waals surface area (Å²) in [6.45, 7) is 5.42. The van der Waals surface area contributed by atoms with Gasteiger partial charge in [0.2, 0.25) is 10.0 Å². The number of hydrogen-bond acceptors (Lipinski definition) is 3. The SMILES string of the molecule is CCNC(=NCc1ccc(S(=O)(=O)NC)cc1)NC(C)CCc1ccccc1.I. The summed E-state index contributed by atoms with van der Waals surface area (Å²) in [7, 11) is -2.01. The number of halogens is 1. The number of nitrogens with zero attached hydrogens (tertiary/aromatic N) is 1. The highest BCUT2D eigenvalue weighted by atomic mass is 127. The van der Waals surface area contributed by atoms with Gasteiger partial charge in [0.15, 0.2) is 5.96 Å². The molecule has 8 heteroatoms. The van der Waals surface area contributed by atoms with Crippen molar-refractivity contribution >= 4 is 40.0 Å². The summed E-state index contributed by atoms with van der Waals surface area (Å²) in [5.74, 6) is 0.759. The maximum atomic E-state index is 11.8. The summed E-state index contributed by atoms with van der Waals surface area (Å²) in [6, 6.07) is 17.5. The van der Waals surface area contributed by atoms with Crippen LogP contribution in [0.3, 0.4) is 0 Å². The molecule has 0 saturated carbocycles. The lowest BCUT2D eigenvalue weighted by atomic mass is 10.1. The molecule has 3 N–H and O–H groups in total. The molecule has 0 spiro atoms. The van der Waals surface area contributed by atoms with Gasteiger partial charge in [0.05, 0.1) is 11.4 Å². The van der Waals surface area contributed by atoms with Crippen LogP contribution >= 0.6 is 24.0 Å². The van der Waals surface area contributed by atoms with E-state index in [9.17, 15) is 8.42 Å². The first-order valence-corrected chi connectivity index (χ1v) is 11.0. The Balaban J connectivity index is 0.00000420. The highest BCUT2D eigenvalue weighted by Gasteiger charge is 2.10. The third kappa shape index (κ3) is 8.71. The van der Waals surface area contributed by atoms with Gasteiger partial charge >= 0.3 is 0 Å². The molecular formula is C21H31IN4O2S. The summed E-state index contributed by atoms with van der Waals surface area (Å²) in [5, 5.41) is 6.70. The van der Waals surface area contributed by atoms with Crippen molar-refractivity contribution in [1.82, 2.24) is 15.4 Å². The van der Waals surface area contributed by atoms with Gasteiger partial charge in [-0.1, -0.05) is 42.5 Å². The standard InChI is InChI=1S/C21H30N4O2S.HI/c1-4-23-21(25-17(2)10-11-18-8-6-5-7-9-18)24-16-19-12-14-20(15-13-19)28(26,27)22-3;/h5-9,12-15,17,22H,4,10-11,16H2,1-3H3,(H2,23,24,25);1H. The molecule has 29 heavy (non-hydrogen) atoms. The smallest absolute Gasteiger partial charge is 0.240 e. The number of benzene rings is 2. The van der Waals surface area contributed by atoms with Crippen molar-refractivity contribution in [2.45, 2.75) is 44.2 Å². The van der Waals surface area contributed by atoms with Crippen LogP contribution in [0.5, 0.6) is 0 Å². The molecule has 0 radical (unpaired) electrons. The maximum Gasteiger partial charge on any atom is 0.240 e. The highest BCUT2D eigenvalue weighted by molar-refractivity contribution is 14.0. The van der Waals surface area contributed by atoms with E-state index in [1.165, 1.54) is 12.6 Å². The molecule has 0 bridgehead atoms. The number of nitrogens with one attached hydrogen (secondary N) is 3. The Morgan fingerprint density at radius 2 is 1.69 bits per heavy atom. The van der Waals surface area contributed by atoms with Gasteiger partial charge in [-0.05, 0) is 57.0 Å². The zero-order chi connectivity index (χ0) is 20.4. The van der Waals surface area contributed by atoms with Crippen LogP contribution in [-0.2, 0) is 23.0 Å². The number of aryl methyl sites for hydroxylation is 1. The maximum absolute atomic E-state index is 11.8. The van der Waals surface area contributed by atoms with Gasteiger partial charge in [0.25, 0.3) is 0 Å². The monoisotopic (exact) mass is 530 g/mol. The van der Waals surface area contributed by atoms with Crippen molar-refractivity contribution < 1.29 is 8.42 Å². The van der Waals surface area contributed by atoms with Crippen LogP contribution < -0.4 is 15.4 Å². The molecule has 0 aromatic heterocycles. The lowest BCUT2D eigenvalue weighted by molar-refractivity contribution is 0.588. The van der Waals surface area contributed by atoms with Gasteiger partial charge in [0.1, 0.15) is 0 Å². The Labute approximate surface area is 191 Å². The van der Waals surface area contributed by atoms with Crippen molar-refractivity contribution in [2.24, 2.45) is 4.99 Å². The average molecular weight is 530 g/mol. The fourth-order valence-electron chi connectivity index (χ4n) is 2.72. The van der Waals surface area contributed by atoms with Crippen LogP contribution in [-0.4, -0.2) is 34.0 Å². The van der Waals surface area contributed by atoms with Crippen LogP contribution in [0, 0.1) is 0 Å². The first-order valence-electron chi connectivity index (χ1n) is 9.56. The van der Waals surface area contributed by atoms with E-state index < -0.39 is 10.0 Å². The van der Waals surface area contributed by atoms with E-state index in [0.717, 1.165) is 30.9 Å². The lowest BCUT2D eigenvalue weighted by Gasteiger charge is -2.18. The number of aliphatic imine (C=N–C) groups is 1. The Bertz CT molecular complexity index is 856. The number of sulfonamides is 1. The van der Waals surface area contributed by atoms with E-state index >= 15 is 0 Å². The Kier molecular flexibility index (Phi) is 11.2. The van der Waals surface area contributed by atoms with Crippen LogP contribution in [0.25, 0.3) is 0 Å². The Hall–Kier alpha value is -1.65. The molecule has 2 rings (SSSR count). The fourth-order valence-corrected chi connectivity index (χ4v) is 3.45. The summed E-state index contributed by atoms with van der Waals surface area (Å²) in [5.41, 5.74) is 2.28. The molecule has 0 aliphatic carbocycles. The zero-order valence-electron chi connectivity index (χ0n) is 17.2. The zero-order valence-corrected chi connectivity index (χ0v) is 20.3. The van der Waals surface area contributed by atoms with E-state index in [4.69, 9.17) is 0 Å². The van der Waals surface area contributed by atoms with Crippen molar-refractivity contribution in [3.8, 4) is 0 Å². The predicted octanol–water partition coefficient (Wildman–Crippen LogP) is 3.29. The van der Waals surface area contributed by atoms with Gasteiger partial charge in [-0.3, -0.25) is 0 Å². The van der Waals surface area contributed by atoms with Crippen molar-refractivity contribution in [3.63, 3.8) is 0 Å². The molecule has 2 aromatic carbocycles. The quantitative estimate of drug-likeness (QED) is 0.264. The number of guanidine groups is 1. The molecular weight excluding hydrogens is 499 g/mol. The molecule has 0 fully saturated rings. The van der Waals surface area contributed by atoms with Crippen LogP contribution in [0.1, 0.15) is 31.4 Å². The van der Waals surface area contributed by atoms with E-state index in [1.54, 1.807) is 24.3 Å². The van der Waals surface area contributed by atoms with E-state index in [0.29, 0.717) is 6.54 Å². The Morgan fingerprint density at radius 3 is 2.28 bits per heavy atom. The minimum atomic E-state index is -3.41. The van der Waals surface area contributed by atoms with Gasteiger partial charge in [-0.2, -0.15) is 0 Å². The minimum Gasteiger partial charge on any atom is -0.357 e. The van der Waals surface area contributed by atoms with Gasteiger partial charge in [0, 0.05) is 12.6 Å². The average Bonchev–Trinajstić information content (AvgIpc) is 2.72. The molecule has 0 aliphatic heterocycles. The molecule has 0 heterocycles. The molecule has 1 atom stereocenters. The van der Waals surface area contributed by atoms with E-state index in [-0.39, 0.29) is 34.9 Å². The molecule has 1 unspecified atom stereocenters. The second kappa shape index (κ2) is 12.8. The summed E-state index contributed by atoms with van der Waals surface area (Å²) < 4.78 is 25.9. The first kappa shape index (κ1) is 25.4. The lowest BCUT2D eigenvalue weighted by Crippen LogP contribution is -2.42. The normalized spacial score (nSPS) is 12.7. The summed E-state index contributed by atoms with van der Waals surface area (Å²) in [6.07, 6.45) is 2.01. The van der Waals surface area contributed by atoms with Gasteiger partial charge in [-0.15, -0.1) is 24.0 Å². The van der Waals surface area contributed by atoms with E-state index in [1.807, 2.05) is 13.0 Å². The molecule has 0 aliphatic rings. The van der Waals surface area contributed by atoms with Crippen LogP contribution in [0.15, 0.2) is 64.5 Å². The van der Waals surface area contributed by atoms with Crippen LogP contribution in [0.2, 0.25) is 0 Å². The number of hydrogen-bond donors (Lipinski definition) is 3. The predicted molar refractivity (Wildman–Crippen MR) is 130 cm³/mol. The molecule has 2 aromatic rings. The highest BCUT2D eigenvalue weighted by Crippen LogP contribution is 2.11. The third-order valence-corrected chi connectivity index (χ3v) is 5.79. The van der Waals surface area contributed by atoms with Gasteiger partial charge < -0.3 is 10.6 Å². The minimum absolute atomic E-state index is 0.